The number of amidine groups is 1. The van der Waals surface area contributed by atoms with Gasteiger partial charge in [0.15, 0.2) is 0 Å². The third-order valence-corrected chi connectivity index (χ3v) is 3.23. The van der Waals surface area contributed by atoms with Crippen molar-refractivity contribution in [2.75, 3.05) is 18.5 Å². The van der Waals surface area contributed by atoms with Crippen molar-refractivity contribution < 1.29 is 0 Å². The molecule has 0 atom stereocenters. The molecule has 0 aliphatic heterocycles. The molecular weight excluding hydrogens is 222 g/mol. The van der Waals surface area contributed by atoms with Gasteiger partial charge in [-0.2, -0.15) is 0 Å². The van der Waals surface area contributed by atoms with Gasteiger partial charge in [-0.05, 0) is 37.0 Å². The second kappa shape index (κ2) is 4.34. The monoisotopic (exact) mass is 237 g/mol. The van der Waals surface area contributed by atoms with Crippen molar-refractivity contribution in [2.45, 2.75) is 12.8 Å². The topological polar surface area (TPSA) is 53.1 Å². The number of hydrogen-bond acceptors (Lipinski definition) is 2. The van der Waals surface area contributed by atoms with Crippen molar-refractivity contribution in [3.8, 4) is 0 Å². The highest BCUT2D eigenvalue weighted by atomic mass is 35.5. The van der Waals surface area contributed by atoms with E-state index in [9.17, 15) is 0 Å². The molecule has 1 aromatic rings. The Hall–Kier alpha value is -1.22. The summed E-state index contributed by atoms with van der Waals surface area (Å²) >= 11 is 6.07. The largest absolute Gasteiger partial charge is 0.384 e. The van der Waals surface area contributed by atoms with E-state index in [1.165, 1.54) is 12.8 Å². The fourth-order valence-corrected chi connectivity index (χ4v) is 2.03. The molecule has 1 saturated carbocycles. The van der Waals surface area contributed by atoms with Crippen molar-refractivity contribution in [3.05, 3.63) is 28.8 Å². The summed E-state index contributed by atoms with van der Waals surface area (Å²) in [6.07, 6.45) is 2.67. The van der Waals surface area contributed by atoms with E-state index in [1.807, 2.05) is 18.2 Å². The minimum absolute atomic E-state index is 0.0152. The summed E-state index contributed by atoms with van der Waals surface area (Å²) in [5, 5.41) is 7.91. The first-order valence-electron chi connectivity index (χ1n) is 5.43. The quantitative estimate of drug-likeness (QED) is 0.625. The molecule has 16 heavy (non-hydrogen) atoms. The third kappa shape index (κ3) is 2.47. The predicted molar refractivity (Wildman–Crippen MR) is 68.5 cm³/mol. The number of anilines is 1. The van der Waals surface area contributed by atoms with Gasteiger partial charge >= 0.3 is 0 Å². The van der Waals surface area contributed by atoms with Gasteiger partial charge < -0.3 is 10.6 Å². The Labute approximate surface area is 101 Å². The molecule has 3 nitrogen and oxygen atoms in total. The van der Waals surface area contributed by atoms with Gasteiger partial charge in [0.1, 0.15) is 5.84 Å². The lowest BCUT2D eigenvalue weighted by molar-refractivity contribution is 0.787. The molecule has 0 saturated heterocycles. The minimum Gasteiger partial charge on any atom is -0.384 e. The zero-order chi connectivity index (χ0) is 11.7. The van der Waals surface area contributed by atoms with Gasteiger partial charge in [-0.3, -0.25) is 5.41 Å². The Kier molecular flexibility index (Phi) is 3.06. The highest BCUT2D eigenvalue weighted by molar-refractivity contribution is 6.34. The molecule has 0 aromatic heterocycles. The minimum atomic E-state index is 0.0152. The lowest BCUT2D eigenvalue weighted by Crippen LogP contribution is -2.20. The van der Waals surface area contributed by atoms with Crippen LogP contribution in [0, 0.1) is 11.3 Å². The lowest BCUT2D eigenvalue weighted by Gasteiger charge is -2.19. The van der Waals surface area contributed by atoms with Crippen LogP contribution in [0.25, 0.3) is 0 Å². The van der Waals surface area contributed by atoms with Crippen molar-refractivity contribution >= 4 is 23.1 Å². The van der Waals surface area contributed by atoms with Crippen LogP contribution >= 0.6 is 11.6 Å². The number of nitrogens with zero attached hydrogens (tertiary/aromatic N) is 1. The average Bonchev–Trinajstić information content (AvgIpc) is 3.00. The number of nitrogens with two attached hydrogens (primary N) is 1. The van der Waals surface area contributed by atoms with Crippen molar-refractivity contribution in [3.63, 3.8) is 0 Å². The fraction of sp³-hybridized carbons (Fsp3) is 0.417. The summed E-state index contributed by atoms with van der Waals surface area (Å²) in [4.78, 5) is 2.20. The first kappa shape index (κ1) is 11.3. The molecular formula is C12H16ClN3. The SMILES string of the molecule is CN(CC1CC1)c1ccc(C(=N)N)c(Cl)c1. The van der Waals surface area contributed by atoms with Crippen LogP contribution in [-0.4, -0.2) is 19.4 Å². The maximum atomic E-state index is 7.36. The molecule has 3 N–H and O–H groups in total. The zero-order valence-corrected chi connectivity index (χ0v) is 10.1. The predicted octanol–water partition coefficient (Wildman–Crippen LogP) is 2.47. The summed E-state index contributed by atoms with van der Waals surface area (Å²) in [7, 11) is 2.07. The van der Waals surface area contributed by atoms with Gasteiger partial charge in [-0.1, -0.05) is 11.6 Å². The van der Waals surface area contributed by atoms with Gasteiger partial charge in [-0.25, -0.2) is 0 Å². The molecule has 1 aromatic carbocycles. The zero-order valence-electron chi connectivity index (χ0n) is 9.33. The number of hydrogen-bond donors (Lipinski definition) is 2. The molecule has 1 fully saturated rings. The van der Waals surface area contributed by atoms with Crippen LogP contribution in [0.5, 0.6) is 0 Å². The molecule has 0 radical (unpaired) electrons. The second-order valence-electron chi connectivity index (χ2n) is 4.40. The van der Waals surface area contributed by atoms with Gasteiger partial charge in [0.2, 0.25) is 0 Å². The molecule has 1 aliphatic rings. The highest BCUT2D eigenvalue weighted by Crippen LogP contribution is 2.31. The van der Waals surface area contributed by atoms with E-state index in [2.05, 4.69) is 11.9 Å². The number of halogens is 1. The van der Waals surface area contributed by atoms with E-state index in [4.69, 9.17) is 22.7 Å². The van der Waals surface area contributed by atoms with Crippen LogP contribution in [0.2, 0.25) is 5.02 Å². The number of benzene rings is 1. The van der Waals surface area contributed by atoms with Crippen LogP contribution in [0.1, 0.15) is 18.4 Å². The second-order valence-corrected chi connectivity index (χ2v) is 4.81. The van der Waals surface area contributed by atoms with Crippen LogP contribution in [0.3, 0.4) is 0 Å². The Morgan fingerprint density at radius 2 is 2.25 bits per heavy atom. The molecule has 0 spiro atoms. The summed E-state index contributed by atoms with van der Waals surface area (Å²) in [5.74, 6) is 0.859. The highest BCUT2D eigenvalue weighted by Gasteiger charge is 2.23. The van der Waals surface area contributed by atoms with Crippen LogP contribution in [0.15, 0.2) is 18.2 Å². The van der Waals surface area contributed by atoms with E-state index in [1.54, 1.807) is 0 Å². The fourth-order valence-electron chi connectivity index (χ4n) is 1.75. The van der Waals surface area contributed by atoms with E-state index in [0.29, 0.717) is 10.6 Å². The summed E-state index contributed by atoms with van der Waals surface area (Å²) in [6.45, 7) is 1.08. The van der Waals surface area contributed by atoms with Crippen LogP contribution in [-0.2, 0) is 0 Å². The summed E-state index contributed by atoms with van der Waals surface area (Å²) < 4.78 is 0. The van der Waals surface area contributed by atoms with Gasteiger partial charge in [0.05, 0.1) is 5.02 Å². The lowest BCUT2D eigenvalue weighted by atomic mass is 10.1. The standard InChI is InChI=1S/C12H16ClN3/c1-16(7-8-2-3-8)9-4-5-10(12(14)15)11(13)6-9/h4-6,8H,2-3,7H2,1H3,(H3,14,15). The first-order valence-corrected chi connectivity index (χ1v) is 5.81. The molecule has 86 valence electrons. The number of rotatable bonds is 4. The molecule has 0 heterocycles. The molecule has 0 unspecified atom stereocenters. The Morgan fingerprint density at radius 3 is 2.75 bits per heavy atom. The van der Waals surface area contributed by atoms with Gasteiger partial charge in [0, 0.05) is 24.8 Å². The Morgan fingerprint density at radius 1 is 1.56 bits per heavy atom. The van der Waals surface area contributed by atoms with E-state index in [0.717, 1.165) is 18.2 Å². The Balaban J connectivity index is 2.15. The third-order valence-electron chi connectivity index (χ3n) is 2.91. The van der Waals surface area contributed by atoms with Gasteiger partial charge in [0.25, 0.3) is 0 Å². The van der Waals surface area contributed by atoms with Crippen LogP contribution in [0.4, 0.5) is 5.69 Å². The maximum absolute atomic E-state index is 7.36. The molecule has 1 aliphatic carbocycles. The van der Waals surface area contributed by atoms with Crippen molar-refractivity contribution in [1.29, 1.82) is 5.41 Å². The van der Waals surface area contributed by atoms with Crippen molar-refractivity contribution in [1.82, 2.24) is 0 Å². The maximum Gasteiger partial charge on any atom is 0.124 e. The van der Waals surface area contributed by atoms with E-state index < -0.39 is 0 Å². The smallest absolute Gasteiger partial charge is 0.124 e. The van der Waals surface area contributed by atoms with E-state index >= 15 is 0 Å². The molecule has 2 rings (SSSR count). The number of nitrogens with one attached hydrogen (secondary N) is 1. The van der Waals surface area contributed by atoms with Crippen LogP contribution < -0.4 is 10.6 Å². The summed E-state index contributed by atoms with van der Waals surface area (Å²) in [6, 6.07) is 5.65. The van der Waals surface area contributed by atoms with E-state index in [-0.39, 0.29) is 5.84 Å². The average molecular weight is 238 g/mol. The molecule has 0 amide bonds. The normalized spacial score (nSPS) is 14.9. The molecule has 4 heteroatoms. The van der Waals surface area contributed by atoms with Crippen molar-refractivity contribution in [2.24, 2.45) is 11.7 Å². The molecule has 0 bridgehead atoms. The van der Waals surface area contributed by atoms with Gasteiger partial charge in [-0.15, -0.1) is 0 Å². The summed E-state index contributed by atoms with van der Waals surface area (Å²) in [5.41, 5.74) is 7.10. The Bertz CT molecular complexity index is 413. The first-order chi connectivity index (χ1) is 7.58. The number of nitrogen functional groups attached to an aromatic ring is 1.